The minimum absolute atomic E-state index is 0.317. The van der Waals surface area contributed by atoms with Gasteiger partial charge in [0.25, 0.3) is 0 Å². The number of nitrogens with two attached hydrogens (primary N) is 1. The first kappa shape index (κ1) is 12.7. The average molecular weight is 247 g/mol. The van der Waals surface area contributed by atoms with Gasteiger partial charge in [0, 0.05) is 24.3 Å². The Balaban J connectivity index is 2.41. The van der Waals surface area contributed by atoms with Gasteiger partial charge in [-0.2, -0.15) is 5.10 Å². The van der Waals surface area contributed by atoms with Gasteiger partial charge in [0.1, 0.15) is 17.3 Å². The average Bonchev–Trinajstić information content (AvgIpc) is 2.84. The molecule has 0 aliphatic rings. The summed E-state index contributed by atoms with van der Waals surface area (Å²) in [5.41, 5.74) is 8.01. The van der Waals surface area contributed by atoms with Crippen molar-refractivity contribution in [3.05, 3.63) is 18.2 Å². The number of nitrogens with zero attached hydrogens (tertiary/aromatic N) is 4. The molecule has 18 heavy (non-hydrogen) atoms. The van der Waals surface area contributed by atoms with Crippen LogP contribution in [0.1, 0.15) is 39.1 Å². The fraction of sp³-hybridized carbons (Fsp3) is 0.538. The molecule has 0 aromatic carbocycles. The summed E-state index contributed by atoms with van der Waals surface area (Å²) >= 11 is 0. The standard InChI is InChI=1S/C13H21N5/c1-5-6-17-8-11(7-15-17)12-13(14)18(9(2)3)10(4)16-12/h7-9H,5-6,14H2,1-4H3. The van der Waals surface area contributed by atoms with Crippen LogP contribution >= 0.6 is 0 Å². The molecule has 0 amide bonds. The first-order valence-electron chi connectivity index (χ1n) is 6.41. The molecule has 0 fully saturated rings. The summed E-state index contributed by atoms with van der Waals surface area (Å²) in [5, 5.41) is 4.32. The van der Waals surface area contributed by atoms with Crippen LogP contribution in [0.4, 0.5) is 5.82 Å². The molecule has 0 spiro atoms. The number of anilines is 1. The van der Waals surface area contributed by atoms with Crippen molar-refractivity contribution in [2.75, 3.05) is 5.73 Å². The molecule has 5 nitrogen and oxygen atoms in total. The van der Waals surface area contributed by atoms with Crippen LogP contribution in [-0.4, -0.2) is 19.3 Å². The number of hydrogen-bond donors (Lipinski definition) is 1. The molecule has 2 N–H and O–H groups in total. The van der Waals surface area contributed by atoms with Crippen LogP contribution in [-0.2, 0) is 6.54 Å². The van der Waals surface area contributed by atoms with Crippen molar-refractivity contribution in [3.63, 3.8) is 0 Å². The van der Waals surface area contributed by atoms with Crippen molar-refractivity contribution in [2.24, 2.45) is 0 Å². The van der Waals surface area contributed by atoms with Gasteiger partial charge in [-0.1, -0.05) is 6.92 Å². The second-order valence-corrected chi connectivity index (χ2v) is 4.85. The lowest BCUT2D eigenvalue weighted by Crippen LogP contribution is -2.07. The number of aromatic nitrogens is 4. The van der Waals surface area contributed by atoms with Crippen LogP contribution in [0.5, 0.6) is 0 Å². The monoisotopic (exact) mass is 247 g/mol. The molecule has 2 aromatic heterocycles. The summed E-state index contributed by atoms with van der Waals surface area (Å²) in [7, 11) is 0. The van der Waals surface area contributed by atoms with E-state index in [-0.39, 0.29) is 0 Å². The van der Waals surface area contributed by atoms with E-state index in [4.69, 9.17) is 5.73 Å². The summed E-state index contributed by atoms with van der Waals surface area (Å²) in [5.74, 6) is 1.67. The van der Waals surface area contributed by atoms with Crippen molar-refractivity contribution in [2.45, 2.75) is 46.7 Å². The van der Waals surface area contributed by atoms with Crippen LogP contribution in [0.25, 0.3) is 11.3 Å². The molecule has 98 valence electrons. The van der Waals surface area contributed by atoms with Crippen molar-refractivity contribution < 1.29 is 0 Å². The summed E-state index contributed by atoms with van der Waals surface area (Å²) in [6, 6.07) is 0.317. The summed E-state index contributed by atoms with van der Waals surface area (Å²) in [6.07, 6.45) is 4.90. The Labute approximate surface area is 108 Å². The first-order chi connectivity index (χ1) is 8.54. The third-order valence-electron chi connectivity index (χ3n) is 3.00. The summed E-state index contributed by atoms with van der Waals surface area (Å²) in [6.45, 7) is 9.25. The van der Waals surface area contributed by atoms with Crippen LogP contribution in [0.15, 0.2) is 12.4 Å². The highest BCUT2D eigenvalue weighted by Crippen LogP contribution is 2.28. The summed E-state index contributed by atoms with van der Waals surface area (Å²) in [4.78, 5) is 4.56. The molecule has 0 unspecified atom stereocenters. The lowest BCUT2D eigenvalue weighted by molar-refractivity contribution is 0.590. The van der Waals surface area contributed by atoms with Gasteiger partial charge in [-0.25, -0.2) is 4.98 Å². The summed E-state index contributed by atoms with van der Waals surface area (Å²) < 4.78 is 3.98. The third-order valence-corrected chi connectivity index (χ3v) is 3.00. The maximum absolute atomic E-state index is 6.18. The van der Waals surface area contributed by atoms with Gasteiger partial charge in [0.05, 0.1) is 6.20 Å². The predicted molar refractivity (Wildman–Crippen MR) is 73.3 cm³/mol. The van der Waals surface area contributed by atoms with Crippen molar-refractivity contribution in [1.29, 1.82) is 0 Å². The molecule has 0 bridgehead atoms. The zero-order chi connectivity index (χ0) is 13.3. The Hall–Kier alpha value is -1.78. The quantitative estimate of drug-likeness (QED) is 0.903. The Morgan fingerprint density at radius 1 is 1.39 bits per heavy atom. The van der Waals surface area contributed by atoms with E-state index in [0.29, 0.717) is 6.04 Å². The Morgan fingerprint density at radius 2 is 2.11 bits per heavy atom. The Morgan fingerprint density at radius 3 is 2.67 bits per heavy atom. The van der Waals surface area contributed by atoms with Crippen LogP contribution in [0, 0.1) is 6.92 Å². The number of hydrogen-bond acceptors (Lipinski definition) is 3. The largest absolute Gasteiger partial charge is 0.383 e. The highest BCUT2D eigenvalue weighted by Gasteiger charge is 2.16. The van der Waals surface area contributed by atoms with Crippen molar-refractivity contribution >= 4 is 5.82 Å². The second kappa shape index (κ2) is 4.84. The van der Waals surface area contributed by atoms with E-state index < -0.39 is 0 Å². The molecule has 2 aromatic rings. The SMILES string of the molecule is CCCn1cc(-c2nc(C)n(C(C)C)c2N)cn1. The third kappa shape index (κ3) is 2.12. The topological polar surface area (TPSA) is 61.7 Å². The van der Waals surface area contributed by atoms with Gasteiger partial charge < -0.3 is 10.3 Å². The second-order valence-electron chi connectivity index (χ2n) is 4.85. The van der Waals surface area contributed by atoms with Gasteiger partial charge in [0.2, 0.25) is 0 Å². The van der Waals surface area contributed by atoms with Gasteiger partial charge in [-0.15, -0.1) is 0 Å². The predicted octanol–water partition coefficient (Wildman–Crippen LogP) is 2.63. The molecular formula is C13H21N5. The number of rotatable bonds is 4. The lowest BCUT2D eigenvalue weighted by atomic mass is 10.2. The molecule has 0 atom stereocenters. The van der Waals surface area contributed by atoms with E-state index in [0.717, 1.165) is 35.9 Å². The number of nitrogen functional groups attached to an aromatic ring is 1. The van der Waals surface area contributed by atoms with Gasteiger partial charge in [0.15, 0.2) is 0 Å². The maximum atomic E-state index is 6.18. The maximum Gasteiger partial charge on any atom is 0.132 e. The minimum Gasteiger partial charge on any atom is -0.383 e. The van der Waals surface area contributed by atoms with Crippen LogP contribution in [0.2, 0.25) is 0 Å². The molecule has 2 heterocycles. The fourth-order valence-electron chi connectivity index (χ4n) is 2.26. The Kier molecular flexibility index (Phi) is 3.41. The zero-order valence-corrected chi connectivity index (χ0v) is 11.5. The molecule has 5 heteroatoms. The molecule has 2 rings (SSSR count). The van der Waals surface area contributed by atoms with E-state index in [1.54, 1.807) is 0 Å². The highest BCUT2D eigenvalue weighted by atomic mass is 15.3. The Bertz CT molecular complexity index is 536. The van der Waals surface area contributed by atoms with E-state index in [9.17, 15) is 0 Å². The zero-order valence-electron chi connectivity index (χ0n) is 11.5. The van der Waals surface area contributed by atoms with E-state index in [1.807, 2.05) is 28.6 Å². The number of imidazole rings is 1. The molecule has 0 aliphatic carbocycles. The van der Waals surface area contributed by atoms with Crippen LogP contribution < -0.4 is 5.73 Å². The smallest absolute Gasteiger partial charge is 0.132 e. The number of aryl methyl sites for hydroxylation is 2. The highest BCUT2D eigenvalue weighted by molar-refractivity contribution is 5.70. The van der Waals surface area contributed by atoms with E-state index in [2.05, 4.69) is 30.9 Å². The van der Waals surface area contributed by atoms with Gasteiger partial charge in [-0.05, 0) is 27.2 Å². The van der Waals surface area contributed by atoms with Crippen molar-refractivity contribution in [1.82, 2.24) is 19.3 Å². The first-order valence-corrected chi connectivity index (χ1v) is 6.41. The lowest BCUT2D eigenvalue weighted by Gasteiger charge is -2.11. The van der Waals surface area contributed by atoms with Gasteiger partial charge >= 0.3 is 0 Å². The molecular weight excluding hydrogens is 226 g/mol. The molecule has 0 aliphatic heterocycles. The van der Waals surface area contributed by atoms with Crippen LogP contribution in [0.3, 0.4) is 0 Å². The minimum atomic E-state index is 0.317. The van der Waals surface area contributed by atoms with E-state index >= 15 is 0 Å². The molecule has 0 saturated carbocycles. The normalized spacial score (nSPS) is 11.4. The van der Waals surface area contributed by atoms with Gasteiger partial charge in [-0.3, -0.25) is 4.68 Å². The fourth-order valence-corrected chi connectivity index (χ4v) is 2.26. The molecule has 0 saturated heterocycles. The van der Waals surface area contributed by atoms with Crippen molar-refractivity contribution in [3.8, 4) is 11.3 Å². The molecule has 0 radical (unpaired) electrons. The van der Waals surface area contributed by atoms with E-state index in [1.165, 1.54) is 0 Å².